The smallest absolute Gasteiger partial charge is 0.249 e. The van der Waals surface area contributed by atoms with Crippen LogP contribution in [0.2, 0.25) is 0 Å². The minimum absolute atomic E-state index is 0.0508. The van der Waals surface area contributed by atoms with Crippen LogP contribution in [0.5, 0.6) is 0 Å². The molecule has 0 aromatic heterocycles. The minimum Gasteiger partial charge on any atom is -0.372 e. The Balaban J connectivity index is 2.49. The van der Waals surface area contributed by atoms with Crippen molar-refractivity contribution in [3.63, 3.8) is 0 Å². The van der Waals surface area contributed by atoms with E-state index in [1.165, 1.54) is 7.11 Å². The zero-order chi connectivity index (χ0) is 11.5. The summed E-state index contributed by atoms with van der Waals surface area (Å²) in [5, 5.41) is 2.68. The van der Waals surface area contributed by atoms with E-state index in [1.807, 2.05) is 0 Å². The molecular formula is C9H17NO4S. The zero-order valence-electron chi connectivity index (χ0n) is 9.02. The van der Waals surface area contributed by atoms with Crippen LogP contribution in [0.25, 0.3) is 0 Å². The molecule has 0 radical (unpaired) electrons. The summed E-state index contributed by atoms with van der Waals surface area (Å²) in [5.41, 5.74) is 0. The van der Waals surface area contributed by atoms with Crippen molar-refractivity contribution < 1.29 is 17.9 Å². The molecule has 2 unspecified atom stereocenters. The van der Waals surface area contributed by atoms with E-state index in [-0.39, 0.29) is 23.5 Å². The molecule has 1 fully saturated rings. The normalized spacial score (nSPS) is 26.9. The SMILES string of the molecule is COC(C)C(=O)NC1CCCS(=O)(=O)C1. The van der Waals surface area contributed by atoms with Gasteiger partial charge in [-0.15, -0.1) is 0 Å². The molecule has 0 bridgehead atoms. The first-order valence-corrected chi connectivity index (χ1v) is 6.80. The first-order valence-electron chi connectivity index (χ1n) is 4.98. The van der Waals surface area contributed by atoms with Crippen molar-refractivity contribution in [1.29, 1.82) is 0 Å². The van der Waals surface area contributed by atoms with Gasteiger partial charge in [0.05, 0.1) is 11.5 Å². The molecule has 15 heavy (non-hydrogen) atoms. The van der Waals surface area contributed by atoms with E-state index in [4.69, 9.17) is 4.74 Å². The maximum Gasteiger partial charge on any atom is 0.249 e. The van der Waals surface area contributed by atoms with E-state index in [0.717, 1.165) is 6.42 Å². The molecule has 0 saturated carbocycles. The van der Waals surface area contributed by atoms with Gasteiger partial charge >= 0.3 is 0 Å². The molecule has 6 heteroatoms. The number of ether oxygens (including phenoxy) is 1. The first kappa shape index (κ1) is 12.4. The van der Waals surface area contributed by atoms with Crippen molar-refractivity contribution >= 4 is 15.7 Å². The number of carbonyl (C=O) groups excluding carboxylic acids is 1. The van der Waals surface area contributed by atoms with Crippen LogP contribution in [0.15, 0.2) is 0 Å². The molecule has 0 aromatic rings. The van der Waals surface area contributed by atoms with Gasteiger partial charge in [0.2, 0.25) is 5.91 Å². The quantitative estimate of drug-likeness (QED) is 0.730. The van der Waals surface area contributed by atoms with E-state index in [2.05, 4.69) is 5.32 Å². The maximum atomic E-state index is 11.4. The second-order valence-electron chi connectivity index (χ2n) is 3.84. The molecule has 1 aliphatic rings. The summed E-state index contributed by atoms with van der Waals surface area (Å²) in [6.07, 6.45) is 0.811. The summed E-state index contributed by atoms with van der Waals surface area (Å²) < 4.78 is 27.4. The molecule has 0 aliphatic carbocycles. The van der Waals surface area contributed by atoms with Crippen molar-refractivity contribution in [2.45, 2.75) is 31.9 Å². The van der Waals surface area contributed by atoms with E-state index >= 15 is 0 Å². The highest BCUT2D eigenvalue weighted by Crippen LogP contribution is 2.12. The Morgan fingerprint density at radius 3 is 2.73 bits per heavy atom. The number of carbonyl (C=O) groups is 1. The molecule has 1 saturated heterocycles. The standard InChI is InChI=1S/C9H17NO4S/c1-7(14-2)9(11)10-8-4-3-5-15(12,13)6-8/h7-8H,3-6H2,1-2H3,(H,10,11). The molecular weight excluding hydrogens is 218 g/mol. The topological polar surface area (TPSA) is 72.5 Å². The molecule has 2 atom stereocenters. The molecule has 1 rings (SSSR count). The third-order valence-electron chi connectivity index (χ3n) is 2.53. The van der Waals surface area contributed by atoms with Crippen molar-refractivity contribution in [2.24, 2.45) is 0 Å². The summed E-state index contributed by atoms with van der Waals surface area (Å²) in [6.45, 7) is 1.63. The van der Waals surface area contributed by atoms with Gasteiger partial charge in [-0.1, -0.05) is 0 Å². The lowest BCUT2D eigenvalue weighted by Gasteiger charge is -2.24. The molecule has 5 nitrogen and oxygen atoms in total. The zero-order valence-corrected chi connectivity index (χ0v) is 9.84. The summed E-state index contributed by atoms with van der Waals surface area (Å²) in [7, 11) is -1.52. The lowest BCUT2D eigenvalue weighted by atomic mass is 10.2. The van der Waals surface area contributed by atoms with Gasteiger partial charge in [0.1, 0.15) is 6.10 Å². The Labute approximate surface area is 90.1 Å². The molecule has 1 heterocycles. The van der Waals surface area contributed by atoms with Gasteiger partial charge in [-0.25, -0.2) is 8.42 Å². The van der Waals surface area contributed by atoms with Crippen LogP contribution < -0.4 is 5.32 Å². The highest BCUT2D eigenvalue weighted by molar-refractivity contribution is 7.91. The monoisotopic (exact) mass is 235 g/mol. The Kier molecular flexibility index (Phi) is 4.10. The van der Waals surface area contributed by atoms with Crippen LogP contribution in [0.4, 0.5) is 0 Å². The largest absolute Gasteiger partial charge is 0.372 e. The molecule has 1 amide bonds. The Hall–Kier alpha value is -0.620. The van der Waals surface area contributed by atoms with Crippen molar-refractivity contribution in [3.05, 3.63) is 0 Å². The summed E-state index contributed by atoms with van der Waals surface area (Å²) >= 11 is 0. The fourth-order valence-corrected chi connectivity index (χ4v) is 3.20. The Morgan fingerprint density at radius 1 is 1.53 bits per heavy atom. The van der Waals surface area contributed by atoms with Gasteiger partial charge in [0, 0.05) is 13.2 Å². The highest BCUT2D eigenvalue weighted by atomic mass is 32.2. The van der Waals surface area contributed by atoms with Crippen LogP contribution in [-0.4, -0.2) is 45.1 Å². The van der Waals surface area contributed by atoms with Gasteiger partial charge in [0.15, 0.2) is 9.84 Å². The number of hydrogen-bond donors (Lipinski definition) is 1. The number of nitrogens with one attached hydrogen (secondary N) is 1. The minimum atomic E-state index is -2.97. The lowest BCUT2D eigenvalue weighted by Crippen LogP contribution is -2.46. The van der Waals surface area contributed by atoms with Gasteiger partial charge < -0.3 is 10.1 Å². The lowest BCUT2D eigenvalue weighted by molar-refractivity contribution is -0.130. The summed E-state index contributed by atoms with van der Waals surface area (Å²) in [5.74, 6) is 0.0357. The maximum absolute atomic E-state index is 11.4. The van der Waals surface area contributed by atoms with E-state index in [0.29, 0.717) is 6.42 Å². The van der Waals surface area contributed by atoms with Crippen molar-refractivity contribution in [1.82, 2.24) is 5.32 Å². The van der Waals surface area contributed by atoms with Gasteiger partial charge in [-0.3, -0.25) is 4.79 Å². The van der Waals surface area contributed by atoms with Crippen LogP contribution >= 0.6 is 0 Å². The fourth-order valence-electron chi connectivity index (χ4n) is 1.56. The second-order valence-corrected chi connectivity index (χ2v) is 6.07. The molecule has 0 spiro atoms. The van der Waals surface area contributed by atoms with E-state index < -0.39 is 15.9 Å². The predicted octanol–water partition coefficient (Wildman–Crippen LogP) is -0.285. The molecule has 88 valence electrons. The van der Waals surface area contributed by atoms with Gasteiger partial charge in [-0.05, 0) is 19.8 Å². The second kappa shape index (κ2) is 4.94. The van der Waals surface area contributed by atoms with Crippen LogP contribution in [0.3, 0.4) is 0 Å². The highest BCUT2D eigenvalue weighted by Gasteiger charge is 2.26. The van der Waals surface area contributed by atoms with Crippen LogP contribution in [0.1, 0.15) is 19.8 Å². The number of sulfone groups is 1. The number of amides is 1. The molecule has 1 N–H and O–H groups in total. The Morgan fingerprint density at radius 2 is 2.20 bits per heavy atom. The van der Waals surface area contributed by atoms with Crippen molar-refractivity contribution in [2.75, 3.05) is 18.6 Å². The summed E-state index contributed by atoms with van der Waals surface area (Å²) in [4.78, 5) is 11.4. The fraction of sp³-hybridized carbons (Fsp3) is 0.889. The van der Waals surface area contributed by atoms with Crippen LogP contribution in [-0.2, 0) is 19.4 Å². The molecule has 0 aromatic carbocycles. The van der Waals surface area contributed by atoms with E-state index in [1.54, 1.807) is 6.92 Å². The van der Waals surface area contributed by atoms with Crippen molar-refractivity contribution in [3.8, 4) is 0 Å². The number of hydrogen-bond acceptors (Lipinski definition) is 4. The Bertz CT molecular complexity index is 325. The van der Waals surface area contributed by atoms with E-state index in [9.17, 15) is 13.2 Å². The predicted molar refractivity (Wildman–Crippen MR) is 56.3 cm³/mol. The van der Waals surface area contributed by atoms with Gasteiger partial charge in [0.25, 0.3) is 0 Å². The first-order chi connectivity index (χ1) is 6.94. The van der Waals surface area contributed by atoms with Crippen LogP contribution in [0, 0.1) is 0 Å². The number of methoxy groups -OCH3 is 1. The number of rotatable bonds is 3. The third-order valence-corrected chi connectivity index (χ3v) is 4.35. The molecule has 1 aliphatic heterocycles. The summed E-state index contributed by atoms with van der Waals surface area (Å²) in [6, 6.07) is -0.256. The third kappa shape index (κ3) is 3.79. The average Bonchev–Trinajstić information content (AvgIpc) is 2.14. The average molecular weight is 235 g/mol. The van der Waals surface area contributed by atoms with Gasteiger partial charge in [-0.2, -0.15) is 0 Å².